The molecule has 1 aliphatic carbocycles. The van der Waals surface area contributed by atoms with Crippen molar-refractivity contribution in [2.24, 2.45) is 0 Å². The number of morpholine rings is 1. The van der Waals surface area contributed by atoms with Gasteiger partial charge >= 0.3 is 0 Å². The number of amides is 1. The molecule has 1 heterocycles. The summed E-state index contributed by atoms with van der Waals surface area (Å²) in [6.45, 7) is 2.01. The van der Waals surface area contributed by atoms with Gasteiger partial charge in [0.05, 0.1) is 31.9 Å². The number of aliphatic hydroxyl groups excluding tert-OH is 1. The molecule has 2 aliphatic rings. The van der Waals surface area contributed by atoms with Crippen LogP contribution in [0, 0.1) is 11.3 Å². The van der Waals surface area contributed by atoms with E-state index in [1.165, 1.54) is 0 Å². The Kier molecular flexibility index (Phi) is 4.75. The Morgan fingerprint density at radius 3 is 2.89 bits per heavy atom. The first-order valence-corrected chi connectivity index (χ1v) is 6.84. The van der Waals surface area contributed by atoms with E-state index in [4.69, 9.17) is 9.84 Å². The summed E-state index contributed by atoms with van der Waals surface area (Å²) in [7, 11) is 0. The predicted molar refractivity (Wildman–Crippen MR) is 68.2 cm³/mol. The first-order valence-electron chi connectivity index (χ1n) is 6.84. The molecular weight excluding hydrogens is 246 g/mol. The quantitative estimate of drug-likeness (QED) is 0.726. The van der Waals surface area contributed by atoms with Crippen molar-refractivity contribution in [3.05, 3.63) is 0 Å². The Labute approximate surface area is 113 Å². The molecule has 1 saturated carbocycles. The molecule has 106 valence electrons. The fourth-order valence-corrected chi connectivity index (χ4v) is 2.79. The lowest BCUT2D eigenvalue weighted by Crippen LogP contribution is -2.52. The lowest BCUT2D eigenvalue weighted by atomic mass is 10.00. The minimum absolute atomic E-state index is 0.0275. The third kappa shape index (κ3) is 3.66. The number of hydrogen-bond donors (Lipinski definition) is 2. The SMILES string of the molecule is N#CC1(NC(=O)CN2CCOC(CO)C2)CCCC1. The van der Waals surface area contributed by atoms with Gasteiger partial charge in [-0.2, -0.15) is 5.26 Å². The minimum Gasteiger partial charge on any atom is -0.394 e. The summed E-state index contributed by atoms with van der Waals surface area (Å²) < 4.78 is 5.34. The van der Waals surface area contributed by atoms with Crippen LogP contribution in [0.1, 0.15) is 25.7 Å². The zero-order valence-electron chi connectivity index (χ0n) is 11.1. The maximum Gasteiger partial charge on any atom is 0.235 e. The van der Waals surface area contributed by atoms with Gasteiger partial charge in [-0.05, 0) is 25.7 Å². The summed E-state index contributed by atoms with van der Waals surface area (Å²) in [5.41, 5.74) is -0.653. The second-order valence-electron chi connectivity index (χ2n) is 5.36. The van der Waals surface area contributed by atoms with Crippen LogP contribution in [0.25, 0.3) is 0 Å². The zero-order valence-corrected chi connectivity index (χ0v) is 11.1. The minimum atomic E-state index is -0.653. The first kappa shape index (κ1) is 14.3. The molecule has 0 bridgehead atoms. The van der Waals surface area contributed by atoms with Gasteiger partial charge in [0.2, 0.25) is 5.91 Å². The van der Waals surface area contributed by atoms with E-state index >= 15 is 0 Å². The van der Waals surface area contributed by atoms with E-state index in [1.807, 2.05) is 4.90 Å². The van der Waals surface area contributed by atoms with Crippen molar-refractivity contribution >= 4 is 5.91 Å². The molecule has 1 aliphatic heterocycles. The van der Waals surface area contributed by atoms with Gasteiger partial charge in [-0.15, -0.1) is 0 Å². The zero-order chi connectivity index (χ0) is 13.7. The van der Waals surface area contributed by atoms with Crippen LogP contribution in [-0.2, 0) is 9.53 Å². The monoisotopic (exact) mass is 267 g/mol. The highest BCUT2D eigenvalue weighted by molar-refractivity contribution is 5.79. The number of nitrogens with zero attached hydrogens (tertiary/aromatic N) is 2. The van der Waals surface area contributed by atoms with Crippen LogP contribution in [0.2, 0.25) is 0 Å². The molecule has 0 radical (unpaired) electrons. The number of nitriles is 1. The van der Waals surface area contributed by atoms with E-state index in [1.54, 1.807) is 0 Å². The summed E-state index contributed by atoms with van der Waals surface area (Å²) in [6.07, 6.45) is 3.28. The number of hydrogen-bond acceptors (Lipinski definition) is 5. The Bertz CT molecular complexity index is 361. The maximum absolute atomic E-state index is 12.0. The molecule has 2 fully saturated rings. The lowest BCUT2D eigenvalue weighted by Gasteiger charge is -2.32. The Hall–Kier alpha value is -1.16. The summed E-state index contributed by atoms with van der Waals surface area (Å²) in [5.74, 6) is -0.109. The second kappa shape index (κ2) is 6.33. The van der Waals surface area contributed by atoms with Crippen molar-refractivity contribution in [2.75, 3.05) is 32.8 Å². The van der Waals surface area contributed by atoms with Crippen molar-refractivity contribution in [1.29, 1.82) is 5.26 Å². The first-order chi connectivity index (χ1) is 9.17. The molecule has 1 unspecified atom stereocenters. The van der Waals surface area contributed by atoms with Crippen LogP contribution in [0.5, 0.6) is 0 Å². The van der Waals surface area contributed by atoms with E-state index in [0.29, 0.717) is 19.7 Å². The fraction of sp³-hybridized carbons (Fsp3) is 0.846. The topological polar surface area (TPSA) is 85.6 Å². The molecule has 6 heteroatoms. The Morgan fingerprint density at radius 2 is 2.26 bits per heavy atom. The molecule has 2 rings (SSSR count). The highest BCUT2D eigenvalue weighted by Gasteiger charge is 2.35. The summed E-state index contributed by atoms with van der Waals surface area (Å²) in [4.78, 5) is 14.0. The maximum atomic E-state index is 12.0. The van der Waals surface area contributed by atoms with Crippen LogP contribution in [0.15, 0.2) is 0 Å². The van der Waals surface area contributed by atoms with Gasteiger partial charge in [-0.1, -0.05) is 0 Å². The second-order valence-corrected chi connectivity index (χ2v) is 5.36. The Balaban J connectivity index is 1.82. The van der Waals surface area contributed by atoms with Gasteiger partial charge in [0.15, 0.2) is 0 Å². The van der Waals surface area contributed by atoms with Crippen molar-refractivity contribution in [3.8, 4) is 6.07 Å². The van der Waals surface area contributed by atoms with Gasteiger partial charge < -0.3 is 15.2 Å². The van der Waals surface area contributed by atoms with Crippen molar-refractivity contribution < 1.29 is 14.6 Å². The predicted octanol–water partition coefficient (Wildman–Crippen LogP) is -0.368. The van der Waals surface area contributed by atoms with Gasteiger partial charge in [0.1, 0.15) is 5.54 Å². The van der Waals surface area contributed by atoms with Gasteiger partial charge in [-0.3, -0.25) is 9.69 Å². The molecule has 19 heavy (non-hydrogen) atoms. The third-order valence-corrected chi connectivity index (χ3v) is 3.84. The van der Waals surface area contributed by atoms with Gasteiger partial charge in [0, 0.05) is 13.1 Å². The molecule has 0 aromatic rings. The van der Waals surface area contributed by atoms with E-state index in [2.05, 4.69) is 11.4 Å². The summed E-state index contributed by atoms with van der Waals surface area (Å²) in [6, 6.07) is 2.25. The number of carbonyl (C=O) groups is 1. The van der Waals surface area contributed by atoms with Crippen molar-refractivity contribution in [1.82, 2.24) is 10.2 Å². The number of rotatable bonds is 4. The molecule has 0 aromatic carbocycles. The third-order valence-electron chi connectivity index (χ3n) is 3.84. The molecular formula is C13H21N3O3. The Morgan fingerprint density at radius 1 is 1.53 bits per heavy atom. The number of ether oxygens (including phenoxy) is 1. The van der Waals surface area contributed by atoms with Crippen LogP contribution in [-0.4, -0.2) is 60.4 Å². The molecule has 0 spiro atoms. The van der Waals surface area contributed by atoms with E-state index in [0.717, 1.165) is 25.7 Å². The molecule has 1 amide bonds. The van der Waals surface area contributed by atoms with E-state index in [-0.39, 0.29) is 25.2 Å². The van der Waals surface area contributed by atoms with Crippen LogP contribution in [0.3, 0.4) is 0 Å². The van der Waals surface area contributed by atoms with Crippen molar-refractivity contribution in [3.63, 3.8) is 0 Å². The number of nitrogens with one attached hydrogen (secondary N) is 1. The molecule has 2 N–H and O–H groups in total. The highest BCUT2D eigenvalue weighted by atomic mass is 16.5. The van der Waals surface area contributed by atoms with Crippen molar-refractivity contribution in [2.45, 2.75) is 37.3 Å². The summed E-state index contributed by atoms with van der Waals surface area (Å²) in [5, 5.41) is 21.2. The fourth-order valence-electron chi connectivity index (χ4n) is 2.79. The smallest absolute Gasteiger partial charge is 0.235 e. The van der Waals surface area contributed by atoms with Crippen LogP contribution in [0.4, 0.5) is 0 Å². The normalized spacial score (nSPS) is 26.8. The summed E-state index contributed by atoms with van der Waals surface area (Å²) >= 11 is 0. The lowest BCUT2D eigenvalue weighted by molar-refractivity contribution is -0.126. The molecule has 6 nitrogen and oxygen atoms in total. The van der Waals surface area contributed by atoms with E-state index < -0.39 is 5.54 Å². The highest BCUT2D eigenvalue weighted by Crippen LogP contribution is 2.28. The average molecular weight is 267 g/mol. The molecule has 1 atom stereocenters. The van der Waals surface area contributed by atoms with Gasteiger partial charge in [-0.25, -0.2) is 0 Å². The largest absolute Gasteiger partial charge is 0.394 e. The molecule has 1 saturated heterocycles. The van der Waals surface area contributed by atoms with E-state index in [9.17, 15) is 10.1 Å². The van der Waals surface area contributed by atoms with Crippen LogP contribution < -0.4 is 5.32 Å². The average Bonchev–Trinajstić information content (AvgIpc) is 2.88. The molecule has 0 aromatic heterocycles. The number of aliphatic hydroxyl groups is 1. The van der Waals surface area contributed by atoms with Gasteiger partial charge in [0.25, 0.3) is 0 Å². The van der Waals surface area contributed by atoms with Crippen LogP contribution >= 0.6 is 0 Å². The standard InChI is InChI=1S/C13H21N3O3/c14-10-13(3-1-2-4-13)15-12(18)8-16-5-6-19-11(7-16)9-17/h11,17H,1-9H2,(H,15,18). The number of carbonyl (C=O) groups excluding carboxylic acids is 1.